The molecule has 0 spiro atoms. The highest BCUT2D eigenvalue weighted by Crippen LogP contribution is 2.33. The zero-order valence-corrected chi connectivity index (χ0v) is 16.9. The summed E-state index contributed by atoms with van der Waals surface area (Å²) in [6, 6.07) is 14.6. The minimum absolute atomic E-state index is 0.0712. The fourth-order valence-electron chi connectivity index (χ4n) is 3.08. The van der Waals surface area contributed by atoms with Gasteiger partial charge in [0.2, 0.25) is 5.88 Å². The van der Waals surface area contributed by atoms with E-state index in [2.05, 4.69) is 10.3 Å². The van der Waals surface area contributed by atoms with Crippen LogP contribution >= 0.6 is 11.6 Å². The van der Waals surface area contributed by atoms with Crippen LogP contribution in [0.25, 0.3) is 11.1 Å². The Bertz CT molecular complexity index is 1020. The van der Waals surface area contributed by atoms with Gasteiger partial charge in [0, 0.05) is 23.4 Å². The number of carbonyl (C=O) groups is 1. The van der Waals surface area contributed by atoms with Crippen LogP contribution in [0.1, 0.15) is 19.3 Å². The zero-order valence-electron chi connectivity index (χ0n) is 16.1. The van der Waals surface area contributed by atoms with Crippen molar-refractivity contribution in [3.8, 4) is 22.8 Å². The van der Waals surface area contributed by atoms with Gasteiger partial charge in [-0.15, -0.1) is 0 Å². The SMILES string of the molecule is O=C(Nc1cc(Cl)c(-c2ccc(OCC3CCC3)nc2)cc1F)Oc1ccccc1. The lowest BCUT2D eigenvalue weighted by Gasteiger charge is -2.24. The van der Waals surface area contributed by atoms with Crippen LogP contribution in [-0.4, -0.2) is 17.7 Å². The van der Waals surface area contributed by atoms with E-state index < -0.39 is 11.9 Å². The molecular weight excluding hydrogens is 407 g/mol. The molecule has 0 radical (unpaired) electrons. The van der Waals surface area contributed by atoms with Crippen LogP contribution in [0, 0.1) is 11.7 Å². The minimum atomic E-state index is -0.807. The molecule has 1 aliphatic carbocycles. The number of rotatable bonds is 6. The second-order valence-electron chi connectivity index (χ2n) is 7.13. The Morgan fingerprint density at radius 3 is 2.63 bits per heavy atom. The van der Waals surface area contributed by atoms with Gasteiger partial charge in [0.05, 0.1) is 17.3 Å². The van der Waals surface area contributed by atoms with Gasteiger partial charge >= 0.3 is 6.09 Å². The van der Waals surface area contributed by atoms with Crippen LogP contribution in [-0.2, 0) is 0 Å². The summed E-state index contributed by atoms with van der Waals surface area (Å²) in [6.07, 6.45) is 4.45. The Labute approximate surface area is 178 Å². The number of carbonyl (C=O) groups excluding carboxylic acids is 1. The summed E-state index contributed by atoms with van der Waals surface area (Å²) >= 11 is 6.33. The van der Waals surface area contributed by atoms with Crippen LogP contribution < -0.4 is 14.8 Å². The number of aromatic nitrogens is 1. The molecule has 4 rings (SSSR count). The topological polar surface area (TPSA) is 60.5 Å². The number of nitrogens with one attached hydrogen (secondary N) is 1. The van der Waals surface area contributed by atoms with Gasteiger partial charge in [-0.05, 0) is 49.1 Å². The zero-order chi connectivity index (χ0) is 20.9. The molecule has 0 unspecified atom stereocenters. The maximum atomic E-state index is 14.6. The molecule has 2 aromatic carbocycles. The summed E-state index contributed by atoms with van der Waals surface area (Å²) in [5, 5.41) is 2.64. The van der Waals surface area contributed by atoms with Crippen LogP contribution in [0.2, 0.25) is 5.02 Å². The molecule has 1 aromatic heterocycles. The van der Waals surface area contributed by atoms with Crippen LogP contribution in [0.4, 0.5) is 14.9 Å². The Balaban J connectivity index is 1.43. The molecule has 1 amide bonds. The van der Waals surface area contributed by atoms with E-state index in [0.717, 1.165) is 0 Å². The molecule has 1 saturated carbocycles. The average molecular weight is 427 g/mol. The molecule has 1 fully saturated rings. The molecule has 5 nitrogen and oxygen atoms in total. The van der Waals surface area contributed by atoms with E-state index in [9.17, 15) is 9.18 Å². The number of anilines is 1. The molecule has 1 aliphatic rings. The second-order valence-corrected chi connectivity index (χ2v) is 7.54. The van der Waals surface area contributed by atoms with Gasteiger partial charge in [-0.3, -0.25) is 5.32 Å². The number of nitrogens with zero attached hydrogens (tertiary/aromatic N) is 1. The van der Waals surface area contributed by atoms with Crippen molar-refractivity contribution < 1.29 is 18.7 Å². The van der Waals surface area contributed by atoms with E-state index >= 15 is 0 Å². The standard InChI is InChI=1S/C23H20ClFN2O3/c24-19-12-21(27-23(28)30-17-7-2-1-3-8-17)20(25)11-18(19)16-9-10-22(26-13-16)29-14-15-5-4-6-15/h1-3,7-13,15H,4-6,14H2,(H,27,28). The number of hydrogen-bond acceptors (Lipinski definition) is 4. The molecule has 7 heteroatoms. The van der Waals surface area contributed by atoms with Gasteiger partial charge in [0.1, 0.15) is 11.6 Å². The summed E-state index contributed by atoms with van der Waals surface area (Å²) in [7, 11) is 0. The normalized spacial score (nSPS) is 13.4. The highest BCUT2D eigenvalue weighted by molar-refractivity contribution is 6.33. The van der Waals surface area contributed by atoms with Crippen molar-refractivity contribution in [2.45, 2.75) is 19.3 Å². The summed E-state index contributed by atoms with van der Waals surface area (Å²) in [5.41, 5.74) is 1.04. The first-order valence-electron chi connectivity index (χ1n) is 9.70. The smallest absolute Gasteiger partial charge is 0.417 e. The van der Waals surface area contributed by atoms with Gasteiger partial charge < -0.3 is 9.47 Å². The summed E-state index contributed by atoms with van der Waals surface area (Å²) in [4.78, 5) is 16.3. The van der Waals surface area contributed by atoms with Crippen molar-refractivity contribution >= 4 is 23.4 Å². The number of amides is 1. The molecule has 0 bridgehead atoms. The molecule has 0 saturated heterocycles. The molecule has 154 valence electrons. The number of hydrogen-bond donors (Lipinski definition) is 1. The van der Waals surface area contributed by atoms with E-state index in [1.807, 2.05) is 0 Å². The third-order valence-electron chi connectivity index (χ3n) is 4.99. The van der Waals surface area contributed by atoms with E-state index in [4.69, 9.17) is 21.1 Å². The highest BCUT2D eigenvalue weighted by Gasteiger charge is 2.18. The first-order valence-corrected chi connectivity index (χ1v) is 10.1. The first kappa shape index (κ1) is 20.2. The molecule has 30 heavy (non-hydrogen) atoms. The van der Waals surface area contributed by atoms with Crippen molar-refractivity contribution in [2.24, 2.45) is 5.92 Å². The van der Waals surface area contributed by atoms with Crippen molar-refractivity contribution in [3.63, 3.8) is 0 Å². The van der Waals surface area contributed by atoms with Crippen molar-refractivity contribution in [2.75, 3.05) is 11.9 Å². The van der Waals surface area contributed by atoms with E-state index in [1.54, 1.807) is 48.7 Å². The predicted octanol–water partition coefficient (Wildman–Crippen LogP) is 6.33. The quantitative estimate of drug-likeness (QED) is 0.500. The summed E-state index contributed by atoms with van der Waals surface area (Å²) in [5.74, 6) is 0.862. The first-order chi connectivity index (χ1) is 14.6. The van der Waals surface area contributed by atoms with E-state index in [-0.39, 0.29) is 10.7 Å². The monoisotopic (exact) mass is 426 g/mol. The lowest BCUT2D eigenvalue weighted by Crippen LogP contribution is -2.19. The van der Waals surface area contributed by atoms with Crippen molar-refractivity contribution in [1.82, 2.24) is 4.98 Å². The molecule has 3 aromatic rings. The maximum Gasteiger partial charge on any atom is 0.417 e. The van der Waals surface area contributed by atoms with Gasteiger partial charge in [-0.25, -0.2) is 14.2 Å². The Morgan fingerprint density at radius 1 is 1.17 bits per heavy atom. The van der Waals surface area contributed by atoms with Crippen LogP contribution in [0.3, 0.4) is 0 Å². The van der Waals surface area contributed by atoms with E-state index in [1.165, 1.54) is 31.4 Å². The largest absolute Gasteiger partial charge is 0.477 e. The van der Waals surface area contributed by atoms with E-state index in [0.29, 0.717) is 35.3 Å². The average Bonchev–Trinajstić information content (AvgIpc) is 2.71. The third-order valence-corrected chi connectivity index (χ3v) is 5.30. The molecule has 1 N–H and O–H groups in total. The Kier molecular flexibility index (Phi) is 6.14. The Morgan fingerprint density at radius 2 is 1.97 bits per heavy atom. The van der Waals surface area contributed by atoms with Gasteiger partial charge in [-0.2, -0.15) is 0 Å². The fourth-order valence-corrected chi connectivity index (χ4v) is 3.36. The lowest BCUT2D eigenvalue weighted by atomic mass is 9.86. The van der Waals surface area contributed by atoms with Gasteiger partial charge in [-0.1, -0.05) is 36.2 Å². The number of benzene rings is 2. The third kappa shape index (κ3) is 4.89. The lowest BCUT2D eigenvalue weighted by molar-refractivity contribution is 0.175. The number of pyridine rings is 1. The van der Waals surface area contributed by atoms with Crippen molar-refractivity contribution in [1.29, 1.82) is 0 Å². The summed E-state index contributed by atoms with van der Waals surface area (Å²) in [6.45, 7) is 0.668. The Hall–Kier alpha value is -3.12. The minimum Gasteiger partial charge on any atom is -0.477 e. The fraction of sp³-hybridized carbons (Fsp3) is 0.217. The maximum absolute atomic E-state index is 14.6. The molecule has 0 atom stereocenters. The molecular formula is C23H20ClFN2O3. The number of ether oxygens (including phenoxy) is 2. The highest BCUT2D eigenvalue weighted by atomic mass is 35.5. The van der Waals surface area contributed by atoms with Gasteiger partial charge in [0.25, 0.3) is 0 Å². The predicted molar refractivity (Wildman–Crippen MR) is 114 cm³/mol. The molecule has 1 heterocycles. The van der Waals surface area contributed by atoms with Crippen LogP contribution in [0.15, 0.2) is 60.8 Å². The number of halogens is 2. The van der Waals surface area contributed by atoms with Gasteiger partial charge in [0.15, 0.2) is 0 Å². The van der Waals surface area contributed by atoms with Crippen LogP contribution in [0.5, 0.6) is 11.6 Å². The summed E-state index contributed by atoms with van der Waals surface area (Å²) < 4.78 is 25.4. The van der Waals surface area contributed by atoms with Crippen molar-refractivity contribution in [3.05, 3.63) is 71.6 Å². The molecule has 0 aliphatic heterocycles. The second kappa shape index (κ2) is 9.13. The number of para-hydroxylation sites is 1.